The van der Waals surface area contributed by atoms with Gasteiger partial charge >= 0.3 is 0 Å². The van der Waals surface area contributed by atoms with Gasteiger partial charge in [-0.1, -0.05) is 0 Å². The Morgan fingerprint density at radius 2 is 2.00 bits per heavy atom. The fourth-order valence-electron chi connectivity index (χ4n) is 1.71. The van der Waals surface area contributed by atoms with Crippen LogP contribution < -0.4 is 5.32 Å². The fraction of sp³-hybridized carbons (Fsp3) is 0.231. The quantitative estimate of drug-likeness (QED) is 0.914. The Kier molecular flexibility index (Phi) is 3.89. The van der Waals surface area contributed by atoms with Crippen LogP contribution in [-0.2, 0) is 13.5 Å². The molecular formula is C13H13F2N3O. The van der Waals surface area contributed by atoms with Gasteiger partial charge in [0.1, 0.15) is 17.5 Å². The summed E-state index contributed by atoms with van der Waals surface area (Å²) in [6.45, 7) is 0.349. The van der Waals surface area contributed by atoms with Crippen LogP contribution in [0.4, 0.5) is 8.78 Å². The monoisotopic (exact) mass is 265 g/mol. The molecule has 1 aromatic carbocycles. The third-order valence-electron chi connectivity index (χ3n) is 2.68. The minimum absolute atomic E-state index is 0.0302. The van der Waals surface area contributed by atoms with Gasteiger partial charge in [-0.05, 0) is 12.1 Å². The molecular weight excluding hydrogens is 252 g/mol. The average Bonchev–Trinajstić information content (AvgIpc) is 2.74. The minimum Gasteiger partial charge on any atom is -0.352 e. The van der Waals surface area contributed by atoms with Gasteiger partial charge in [-0.3, -0.25) is 4.79 Å². The van der Waals surface area contributed by atoms with E-state index in [1.54, 1.807) is 12.4 Å². The van der Waals surface area contributed by atoms with Crippen molar-refractivity contribution in [2.24, 2.45) is 7.05 Å². The van der Waals surface area contributed by atoms with Crippen LogP contribution in [0.3, 0.4) is 0 Å². The molecule has 2 aromatic rings. The van der Waals surface area contributed by atoms with Crippen molar-refractivity contribution in [3.05, 3.63) is 53.6 Å². The van der Waals surface area contributed by atoms with Gasteiger partial charge in [0.2, 0.25) is 0 Å². The van der Waals surface area contributed by atoms with E-state index in [0.717, 1.165) is 24.0 Å². The number of nitrogens with one attached hydrogen (secondary N) is 1. The predicted molar refractivity (Wildman–Crippen MR) is 65.6 cm³/mol. The van der Waals surface area contributed by atoms with Crippen LogP contribution in [0.1, 0.15) is 16.2 Å². The number of benzene rings is 1. The second-order valence-corrected chi connectivity index (χ2v) is 4.12. The normalized spacial score (nSPS) is 10.5. The zero-order valence-electron chi connectivity index (χ0n) is 10.4. The summed E-state index contributed by atoms with van der Waals surface area (Å²) in [4.78, 5) is 15.8. The third-order valence-corrected chi connectivity index (χ3v) is 2.68. The molecule has 0 saturated heterocycles. The van der Waals surface area contributed by atoms with E-state index >= 15 is 0 Å². The topological polar surface area (TPSA) is 46.9 Å². The fourth-order valence-corrected chi connectivity index (χ4v) is 1.71. The first kappa shape index (κ1) is 13.2. The molecule has 1 N–H and O–H groups in total. The summed E-state index contributed by atoms with van der Waals surface area (Å²) in [5, 5.41) is 2.59. The van der Waals surface area contributed by atoms with Crippen molar-refractivity contribution < 1.29 is 13.6 Å². The lowest BCUT2D eigenvalue weighted by Gasteiger charge is -2.06. The second kappa shape index (κ2) is 5.60. The number of hydrogen-bond acceptors (Lipinski definition) is 2. The number of aromatic nitrogens is 2. The summed E-state index contributed by atoms with van der Waals surface area (Å²) in [5.74, 6) is -1.22. The van der Waals surface area contributed by atoms with Crippen molar-refractivity contribution in [1.29, 1.82) is 0 Å². The molecule has 2 rings (SSSR count). The smallest absolute Gasteiger partial charge is 0.251 e. The van der Waals surface area contributed by atoms with Crippen LogP contribution in [0, 0.1) is 11.6 Å². The maximum atomic E-state index is 13.0. The van der Waals surface area contributed by atoms with Crippen molar-refractivity contribution in [1.82, 2.24) is 14.9 Å². The van der Waals surface area contributed by atoms with Gasteiger partial charge in [-0.2, -0.15) is 0 Å². The Morgan fingerprint density at radius 1 is 1.32 bits per heavy atom. The summed E-state index contributed by atoms with van der Waals surface area (Å²) in [6, 6.07) is 2.73. The average molecular weight is 265 g/mol. The van der Waals surface area contributed by atoms with Crippen LogP contribution in [0.15, 0.2) is 30.6 Å². The Labute approximate surface area is 109 Å². The molecule has 100 valence electrons. The number of halogens is 2. The largest absolute Gasteiger partial charge is 0.352 e. The molecule has 0 fully saturated rings. The van der Waals surface area contributed by atoms with E-state index in [1.807, 2.05) is 11.6 Å². The van der Waals surface area contributed by atoms with Gasteiger partial charge in [0, 0.05) is 44.0 Å². The number of rotatable bonds is 4. The summed E-state index contributed by atoms with van der Waals surface area (Å²) in [6.07, 6.45) is 4.02. The number of amides is 1. The molecule has 0 spiro atoms. The Bertz CT molecular complexity index is 575. The Hall–Kier alpha value is -2.24. The van der Waals surface area contributed by atoms with E-state index in [0.29, 0.717) is 13.0 Å². The number of aryl methyl sites for hydroxylation is 1. The van der Waals surface area contributed by atoms with Crippen LogP contribution in [0.5, 0.6) is 0 Å². The van der Waals surface area contributed by atoms with E-state index in [4.69, 9.17) is 0 Å². The molecule has 0 aliphatic carbocycles. The standard InChI is InChI=1S/C13H13F2N3O/c1-18-5-4-16-12(18)2-3-17-13(19)9-6-10(14)8-11(15)7-9/h4-8H,2-3H2,1H3,(H,17,19). The zero-order valence-corrected chi connectivity index (χ0v) is 10.4. The van der Waals surface area contributed by atoms with E-state index in [9.17, 15) is 13.6 Å². The predicted octanol–water partition coefficient (Wildman–Crippen LogP) is 1.67. The van der Waals surface area contributed by atoms with Gasteiger partial charge in [0.25, 0.3) is 5.91 Å². The summed E-state index contributed by atoms with van der Waals surface area (Å²) >= 11 is 0. The van der Waals surface area contributed by atoms with Crippen LogP contribution in [0.2, 0.25) is 0 Å². The van der Waals surface area contributed by atoms with Crippen LogP contribution in [0.25, 0.3) is 0 Å². The molecule has 0 bridgehead atoms. The highest BCUT2D eigenvalue weighted by atomic mass is 19.1. The van der Waals surface area contributed by atoms with Gasteiger partial charge in [0.15, 0.2) is 0 Å². The van der Waals surface area contributed by atoms with Crippen molar-refractivity contribution >= 4 is 5.91 Å². The molecule has 1 amide bonds. The maximum Gasteiger partial charge on any atom is 0.251 e. The molecule has 0 saturated carbocycles. The van der Waals surface area contributed by atoms with E-state index in [2.05, 4.69) is 10.3 Å². The lowest BCUT2D eigenvalue weighted by atomic mass is 10.2. The van der Waals surface area contributed by atoms with Gasteiger partial charge in [-0.25, -0.2) is 13.8 Å². The molecule has 19 heavy (non-hydrogen) atoms. The molecule has 4 nitrogen and oxygen atoms in total. The molecule has 1 aromatic heterocycles. The van der Waals surface area contributed by atoms with Gasteiger partial charge in [0.05, 0.1) is 0 Å². The lowest BCUT2D eigenvalue weighted by molar-refractivity contribution is 0.0953. The van der Waals surface area contributed by atoms with Crippen LogP contribution >= 0.6 is 0 Å². The highest BCUT2D eigenvalue weighted by molar-refractivity contribution is 5.94. The molecule has 0 aliphatic rings. The lowest BCUT2D eigenvalue weighted by Crippen LogP contribution is -2.26. The minimum atomic E-state index is -0.769. The first-order valence-electron chi connectivity index (χ1n) is 5.77. The first-order chi connectivity index (χ1) is 9.06. The number of carbonyl (C=O) groups excluding carboxylic acids is 1. The summed E-state index contributed by atoms with van der Waals surface area (Å²) in [5.41, 5.74) is -0.0302. The van der Waals surface area contributed by atoms with Gasteiger partial charge in [-0.15, -0.1) is 0 Å². The Morgan fingerprint density at radius 3 is 2.58 bits per heavy atom. The third kappa shape index (κ3) is 3.37. The van der Waals surface area contributed by atoms with Crippen molar-refractivity contribution in [3.8, 4) is 0 Å². The zero-order chi connectivity index (χ0) is 13.8. The van der Waals surface area contributed by atoms with Crippen LogP contribution in [-0.4, -0.2) is 22.0 Å². The number of carbonyl (C=O) groups is 1. The number of hydrogen-bond donors (Lipinski definition) is 1. The number of imidazole rings is 1. The summed E-state index contributed by atoms with van der Waals surface area (Å²) < 4.78 is 27.7. The van der Waals surface area contributed by atoms with Crippen molar-refractivity contribution in [3.63, 3.8) is 0 Å². The molecule has 6 heteroatoms. The van der Waals surface area contributed by atoms with E-state index < -0.39 is 17.5 Å². The highest BCUT2D eigenvalue weighted by Crippen LogP contribution is 2.07. The van der Waals surface area contributed by atoms with E-state index in [-0.39, 0.29) is 5.56 Å². The van der Waals surface area contributed by atoms with Crippen molar-refractivity contribution in [2.75, 3.05) is 6.54 Å². The van der Waals surface area contributed by atoms with Crippen molar-refractivity contribution in [2.45, 2.75) is 6.42 Å². The summed E-state index contributed by atoms with van der Waals surface area (Å²) in [7, 11) is 1.85. The first-order valence-corrected chi connectivity index (χ1v) is 5.77. The molecule has 0 aliphatic heterocycles. The molecule has 1 heterocycles. The molecule has 0 radical (unpaired) electrons. The number of nitrogens with zero attached hydrogens (tertiary/aromatic N) is 2. The molecule has 0 unspecified atom stereocenters. The van der Waals surface area contributed by atoms with E-state index in [1.165, 1.54) is 0 Å². The SMILES string of the molecule is Cn1ccnc1CCNC(=O)c1cc(F)cc(F)c1. The maximum absolute atomic E-state index is 13.0. The molecule has 0 atom stereocenters. The second-order valence-electron chi connectivity index (χ2n) is 4.12. The Balaban J connectivity index is 1.92. The highest BCUT2D eigenvalue weighted by Gasteiger charge is 2.09. The van der Waals surface area contributed by atoms with Gasteiger partial charge < -0.3 is 9.88 Å².